The maximum Gasteiger partial charge on any atom is 0.454 e. The van der Waals surface area contributed by atoms with E-state index in [4.69, 9.17) is 0 Å². The van der Waals surface area contributed by atoms with Crippen LogP contribution in [0.1, 0.15) is 49.2 Å². The molecule has 0 aliphatic carbocycles. The predicted octanol–water partition coefficient (Wildman–Crippen LogP) is 4.29. The Morgan fingerprint density at radius 3 is 2.11 bits per heavy atom. The minimum absolute atomic E-state index is 0.225. The van der Waals surface area contributed by atoms with E-state index in [2.05, 4.69) is 0 Å². The number of carbonyl (C=O) groups excluding carboxylic acids is 1. The Morgan fingerprint density at radius 2 is 1.72 bits per heavy atom. The van der Waals surface area contributed by atoms with E-state index in [0.29, 0.717) is 12.0 Å². The standard InChI is InChI=1S/C14H17F3O/c1-5-9-6-7-10(13(2,3)4)8-11(9)12(18)14(15,16)17/h6-8H,5H2,1-4H3. The summed E-state index contributed by atoms with van der Waals surface area (Å²) in [5.74, 6) is -1.76. The van der Waals surface area contributed by atoms with Crippen molar-refractivity contribution in [3.63, 3.8) is 0 Å². The Balaban J connectivity index is 3.36. The molecule has 0 saturated heterocycles. The number of alkyl halides is 3. The number of hydrogen-bond donors (Lipinski definition) is 0. The number of rotatable bonds is 2. The molecule has 1 aromatic rings. The molecule has 0 fully saturated rings. The van der Waals surface area contributed by atoms with Gasteiger partial charge in [-0.1, -0.05) is 39.8 Å². The lowest BCUT2D eigenvalue weighted by atomic mass is 9.84. The van der Waals surface area contributed by atoms with Crippen LogP contribution in [0.3, 0.4) is 0 Å². The minimum atomic E-state index is -4.82. The van der Waals surface area contributed by atoms with E-state index in [0.717, 1.165) is 5.56 Å². The van der Waals surface area contributed by atoms with Gasteiger partial charge in [0.05, 0.1) is 0 Å². The van der Waals surface area contributed by atoms with E-state index in [1.54, 1.807) is 19.1 Å². The van der Waals surface area contributed by atoms with E-state index >= 15 is 0 Å². The van der Waals surface area contributed by atoms with Crippen LogP contribution in [0, 0.1) is 0 Å². The highest BCUT2D eigenvalue weighted by molar-refractivity contribution is 6.01. The zero-order valence-corrected chi connectivity index (χ0v) is 11.0. The van der Waals surface area contributed by atoms with Crippen LogP contribution in [0.2, 0.25) is 0 Å². The Hall–Kier alpha value is -1.32. The number of aryl methyl sites for hydroxylation is 1. The molecule has 0 saturated carbocycles. The van der Waals surface area contributed by atoms with E-state index < -0.39 is 12.0 Å². The predicted molar refractivity (Wildman–Crippen MR) is 64.9 cm³/mol. The molecule has 0 bridgehead atoms. The van der Waals surface area contributed by atoms with Crippen LogP contribution in [-0.2, 0) is 11.8 Å². The molecule has 0 amide bonds. The van der Waals surface area contributed by atoms with Gasteiger partial charge in [-0.25, -0.2) is 0 Å². The van der Waals surface area contributed by atoms with Crippen molar-refractivity contribution >= 4 is 5.78 Å². The fraction of sp³-hybridized carbons (Fsp3) is 0.500. The zero-order chi connectivity index (χ0) is 14.1. The van der Waals surface area contributed by atoms with Gasteiger partial charge in [0.25, 0.3) is 5.78 Å². The molecule has 0 heterocycles. The summed E-state index contributed by atoms with van der Waals surface area (Å²) >= 11 is 0. The lowest BCUT2D eigenvalue weighted by Gasteiger charge is -2.21. The third-order valence-electron chi connectivity index (χ3n) is 2.86. The number of Topliss-reactive ketones (excluding diaryl/α,β-unsaturated/α-hetero) is 1. The van der Waals surface area contributed by atoms with Crippen LogP contribution >= 0.6 is 0 Å². The first-order valence-corrected chi connectivity index (χ1v) is 5.82. The molecule has 1 rings (SSSR count). The number of carbonyl (C=O) groups is 1. The van der Waals surface area contributed by atoms with Crippen LogP contribution in [0.5, 0.6) is 0 Å². The first-order valence-electron chi connectivity index (χ1n) is 5.82. The summed E-state index contributed by atoms with van der Waals surface area (Å²) in [6.45, 7) is 7.43. The van der Waals surface area contributed by atoms with Gasteiger partial charge in [-0.05, 0) is 29.0 Å². The molecule has 100 valence electrons. The Labute approximate surface area is 105 Å². The summed E-state index contributed by atoms with van der Waals surface area (Å²) < 4.78 is 37.6. The Morgan fingerprint density at radius 1 is 1.17 bits per heavy atom. The lowest BCUT2D eigenvalue weighted by Crippen LogP contribution is -2.25. The Bertz CT molecular complexity index is 453. The molecule has 0 N–H and O–H groups in total. The van der Waals surface area contributed by atoms with Crippen molar-refractivity contribution in [2.24, 2.45) is 0 Å². The molecule has 18 heavy (non-hydrogen) atoms. The first kappa shape index (κ1) is 14.7. The molecule has 0 spiro atoms. The topological polar surface area (TPSA) is 17.1 Å². The van der Waals surface area contributed by atoms with Gasteiger partial charge in [-0.3, -0.25) is 4.79 Å². The quantitative estimate of drug-likeness (QED) is 0.723. The van der Waals surface area contributed by atoms with Gasteiger partial charge >= 0.3 is 6.18 Å². The summed E-state index contributed by atoms with van der Waals surface area (Å²) in [4.78, 5) is 11.4. The minimum Gasteiger partial charge on any atom is -0.284 e. The largest absolute Gasteiger partial charge is 0.454 e. The van der Waals surface area contributed by atoms with Crippen LogP contribution in [0.4, 0.5) is 13.2 Å². The van der Waals surface area contributed by atoms with Crippen molar-refractivity contribution in [1.82, 2.24) is 0 Å². The lowest BCUT2D eigenvalue weighted by molar-refractivity contribution is -0.0885. The van der Waals surface area contributed by atoms with Crippen molar-refractivity contribution in [1.29, 1.82) is 0 Å². The first-order chi connectivity index (χ1) is 8.07. The van der Waals surface area contributed by atoms with Crippen LogP contribution < -0.4 is 0 Å². The molecular weight excluding hydrogens is 241 g/mol. The van der Waals surface area contributed by atoms with Gasteiger partial charge < -0.3 is 0 Å². The van der Waals surface area contributed by atoms with E-state index in [9.17, 15) is 18.0 Å². The number of hydrogen-bond acceptors (Lipinski definition) is 1. The molecule has 0 radical (unpaired) electrons. The summed E-state index contributed by atoms with van der Waals surface area (Å²) in [6, 6.07) is 4.76. The number of benzene rings is 1. The second-order valence-corrected chi connectivity index (χ2v) is 5.30. The average molecular weight is 258 g/mol. The second kappa shape index (κ2) is 4.75. The van der Waals surface area contributed by atoms with Crippen molar-refractivity contribution in [3.8, 4) is 0 Å². The molecule has 1 aromatic carbocycles. The van der Waals surface area contributed by atoms with Gasteiger partial charge in [0.1, 0.15) is 0 Å². The third kappa shape index (κ3) is 3.12. The molecule has 1 nitrogen and oxygen atoms in total. The summed E-state index contributed by atoms with van der Waals surface area (Å²) in [6.07, 6.45) is -4.41. The summed E-state index contributed by atoms with van der Waals surface area (Å²) in [5, 5.41) is 0. The van der Waals surface area contributed by atoms with Crippen molar-refractivity contribution in [2.75, 3.05) is 0 Å². The fourth-order valence-electron chi connectivity index (χ4n) is 1.72. The van der Waals surface area contributed by atoms with Crippen LogP contribution in [0.15, 0.2) is 18.2 Å². The van der Waals surface area contributed by atoms with Gasteiger partial charge in [0.15, 0.2) is 0 Å². The second-order valence-electron chi connectivity index (χ2n) is 5.30. The van der Waals surface area contributed by atoms with Gasteiger partial charge in [-0.2, -0.15) is 13.2 Å². The van der Waals surface area contributed by atoms with E-state index in [1.165, 1.54) is 6.07 Å². The maximum absolute atomic E-state index is 12.5. The summed E-state index contributed by atoms with van der Waals surface area (Å²) in [7, 11) is 0. The molecule has 0 aromatic heterocycles. The number of ketones is 1. The fourth-order valence-corrected chi connectivity index (χ4v) is 1.72. The number of halogens is 3. The molecule has 0 aliphatic rings. The highest BCUT2D eigenvalue weighted by Crippen LogP contribution is 2.29. The maximum atomic E-state index is 12.5. The monoisotopic (exact) mass is 258 g/mol. The molecular formula is C14H17F3O. The van der Waals surface area contributed by atoms with Crippen molar-refractivity contribution < 1.29 is 18.0 Å². The normalized spacial score (nSPS) is 12.6. The van der Waals surface area contributed by atoms with Crippen molar-refractivity contribution in [2.45, 2.75) is 45.7 Å². The summed E-state index contributed by atoms with van der Waals surface area (Å²) in [5.41, 5.74) is 0.655. The molecule has 0 unspecified atom stereocenters. The van der Waals surface area contributed by atoms with Gasteiger partial charge in [0.2, 0.25) is 0 Å². The third-order valence-corrected chi connectivity index (χ3v) is 2.86. The highest BCUT2D eigenvalue weighted by Gasteiger charge is 2.40. The van der Waals surface area contributed by atoms with E-state index in [-0.39, 0.29) is 11.0 Å². The van der Waals surface area contributed by atoms with Crippen LogP contribution in [-0.4, -0.2) is 12.0 Å². The molecule has 0 aliphatic heterocycles. The van der Waals surface area contributed by atoms with E-state index in [1.807, 2.05) is 20.8 Å². The Kier molecular flexibility index (Phi) is 3.89. The van der Waals surface area contributed by atoms with Crippen LogP contribution in [0.25, 0.3) is 0 Å². The SMILES string of the molecule is CCc1ccc(C(C)(C)C)cc1C(=O)C(F)(F)F. The van der Waals surface area contributed by atoms with Gasteiger partial charge in [-0.15, -0.1) is 0 Å². The highest BCUT2D eigenvalue weighted by atomic mass is 19.4. The van der Waals surface area contributed by atoms with Gasteiger partial charge in [0, 0.05) is 5.56 Å². The zero-order valence-electron chi connectivity index (χ0n) is 11.0. The molecule has 0 atom stereocenters. The average Bonchev–Trinajstić information content (AvgIpc) is 2.24. The molecule has 4 heteroatoms. The smallest absolute Gasteiger partial charge is 0.284 e. The van der Waals surface area contributed by atoms with Crippen molar-refractivity contribution in [3.05, 3.63) is 34.9 Å².